The summed E-state index contributed by atoms with van der Waals surface area (Å²) in [5.41, 5.74) is 0. The summed E-state index contributed by atoms with van der Waals surface area (Å²) < 4.78 is 0. The van der Waals surface area contributed by atoms with Crippen molar-refractivity contribution in [2.45, 2.75) is 6.92 Å². The normalized spacial score (nSPS) is 9.58. The summed E-state index contributed by atoms with van der Waals surface area (Å²) in [5, 5.41) is 19.5. The molecule has 0 heterocycles. The van der Waals surface area contributed by atoms with Gasteiger partial charge in [-0.3, -0.25) is 0 Å². The zero-order chi connectivity index (χ0) is 9.40. The summed E-state index contributed by atoms with van der Waals surface area (Å²) in [7, 11) is 0. The number of rotatable bonds is 5. The number of carbonyl (C=O) groups is 1. The maximum Gasteiger partial charge on any atom is 0.317 e. The highest BCUT2D eigenvalue weighted by molar-refractivity contribution is 5.74. The van der Waals surface area contributed by atoms with Gasteiger partial charge in [-0.15, -0.1) is 0 Å². The third-order valence-electron chi connectivity index (χ3n) is 1.43. The van der Waals surface area contributed by atoms with E-state index in [0.717, 1.165) is 0 Å². The number of amides is 2. The summed E-state index contributed by atoms with van der Waals surface area (Å²) in [5.74, 6) is 0. The van der Waals surface area contributed by atoms with Crippen LogP contribution >= 0.6 is 0 Å². The summed E-state index contributed by atoms with van der Waals surface area (Å²) in [6.07, 6.45) is 0. The van der Waals surface area contributed by atoms with Crippen LogP contribution in [0.3, 0.4) is 0 Å². The van der Waals surface area contributed by atoms with Crippen molar-refractivity contribution >= 4 is 6.03 Å². The molecule has 0 rings (SSSR count). The van der Waals surface area contributed by atoms with Gasteiger partial charge in [-0.05, 0) is 6.92 Å². The lowest BCUT2D eigenvalue weighted by Gasteiger charge is -2.19. The minimum absolute atomic E-state index is 0.0413. The lowest BCUT2D eigenvalue weighted by molar-refractivity contribution is 0.177. The van der Waals surface area contributed by atoms with Gasteiger partial charge in [0.05, 0.1) is 13.2 Å². The van der Waals surface area contributed by atoms with E-state index in [0.29, 0.717) is 13.1 Å². The Hall–Kier alpha value is -0.810. The van der Waals surface area contributed by atoms with Crippen LogP contribution in [0.2, 0.25) is 0 Å². The van der Waals surface area contributed by atoms with Gasteiger partial charge < -0.3 is 20.4 Å². The fraction of sp³-hybridized carbons (Fsp3) is 0.857. The molecule has 0 saturated heterocycles. The molecule has 0 aromatic heterocycles. The van der Waals surface area contributed by atoms with Crippen molar-refractivity contribution in [2.75, 3.05) is 32.8 Å². The molecule has 0 spiro atoms. The van der Waals surface area contributed by atoms with Crippen molar-refractivity contribution in [1.29, 1.82) is 0 Å². The molecular formula is C7H16N2O3. The summed E-state index contributed by atoms with van der Waals surface area (Å²) >= 11 is 0. The number of nitrogens with one attached hydrogen (secondary N) is 1. The zero-order valence-corrected chi connectivity index (χ0v) is 7.29. The Kier molecular flexibility index (Phi) is 6.41. The predicted molar refractivity (Wildman–Crippen MR) is 44.8 cm³/mol. The molecule has 5 heteroatoms. The topological polar surface area (TPSA) is 72.8 Å². The predicted octanol–water partition coefficient (Wildman–Crippen LogP) is -0.998. The largest absolute Gasteiger partial charge is 0.395 e. The van der Waals surface area contributed by atoms with E-state index in [1.807, 2.05) is 6.92 Å². The van der Waals surface area contributed by atoms with Crippen LogP contribution in [0.15, 0.2) is 0 Å². The number of carbonyl (C=O) groups excluding carboxylic acids is 1. The van der Waals surface area contributed by atoms with Crippen LogP contribution in [-0.4, -0.2) is 54.0 Å². The van der Waals surface area contributed by atoms with Crippen molar-refractivity contribution in [2.24, 2.45) is 0 Å². The number of hydrogen-bond acceptors (Lipinski definition) is 3. The van der Waals surface area contributed by atoms with Crippen molar-refractivity contribution in [3.8, 4) is 0 Å². The molecule has 2 amide bonds. The first-order valence-electron chi connectivity index (χ1n) is 4.00. The molecule has 0 bridgehead atoms. The van der Waals surface area contributed by atoms with Crippen LogP contribution in [0.1, 0.15) is 6.92 Å². The molecule has 0 unspecified atom stereocenters. The number of nitrogens with zero attached hydrogens (tertiary/aromatic N) is 1. The van der Waals surface area contributed by atoms with Gasteiger partial charge in [0.1, 0.15) is 0 Å². The molecule has 0 aliphatic rings. The average Bonchev–Trinajstić information content (AvgIpc) is 2.10. The van der Waals surface area contributed by atoms with Crippen LogP contribution in [0, 0.1) is 0 Å². The highest BCUT2D eigenvalue weighted by Crippen LogP contribution is 1.87. The van der Waals surface area contributed by atoms with Crippen LogP contribution in [-0.2, 0) is 0 Å². The molecule has 0 radical (unpaired) electrons. The zero-order valence-electron chi connectivity index (χ0n) is 7.29. The maximum atomic E-state index is 11.1. The smallest absolute Gasteiger partial charge is 0.317 e. The van der Waals surface area contributed by atoms with E-state index in [-0.39, 0.29) is 25.8 Å². The Morgan fingerprint density at radius 2 is 2.08 bits per heavy atom. The summed E-state index contributed by atoms with van der Waals surface area (Å²) in [6.45, 7) is 2.85. The molecule has 0 aromatic rings. The van der Waals surface area contributed by atoms with Crippen molar-refractivity contribution in [3.63, 3.8) is 0 Å². The molecule has 0 saturated carbocycles. The van der Waals surface area contributed by atoms with Crippen LogP contribution < -0.4 is 5.32 Å². The van der Waals surface area contributed by atoms with Gasteiger partial charge in [-0.1, -0.05) is 0 Å². The van der Waals surface area contributed by atoms with Crippen molar-refractivity contribution < 1.29 is 15.0 Å². The maximum absolute atomic E-state index is 11.1. The van der Waals surface area contributed by atoms with Crippen LogP contribution in [0.5, 0.6) is 0 Å². The molecule has 3 N–H and O–H groups in total. The van der Waals surface area contributed by atoms with E-state index in [1.165, 1.54) is 4.90 Å². The highest BCUT2D eigenvalue weighted by Gasteiger charge is 2.08. The summed E-state index contributed by atoms with van der Waals surface area (Å²) in [6, 6.07) is -0.249. The van der Waals surface area contributed by atoms with E-state index in [2.05, 4.69) is 5.32 Å². The first-order chi connectivity index (χ1) is 5.76. The Balaban J connectivity index is 3.69. The van der Waals surface area contributed by atoms with Gasteiger partial charge >= 0.3 is 6.03 Å². The third-order valence-corrected chi connectivity index (χ3v) is 1.43. The minimum atomic E-state index is -0.249. The van der Waals surface area contributed by atoms with Gasteiger partial charge in [0, 0.05) is 19.6 Å². The number of urea groups is 1. The van der Waals surface area contributed by atoms with E-state index in [1.54, 1.807) is 0 Å². The second kappa shape index (κ2) is 6.87. The Morgan fingerprint density at radius 3 is 2.50 bits per heavy atom. The van der Waals surface area contributed by atoms with Crippen molar-refractivity contribution in [1.82, 2.24) is 10.2 Å². The SMILES string of the molecule is CCN(CCO)C(=O)NCCO. The fourth-order valence-corrected chi connectivity index (χ4v) is 0.799. The molecule has 0 aromatic carbocycles. The standard InChI is InChI=1S/C7H16N2O3/c1-2-9(4-6-11)7(12)8-3-5-10/h10-11H,2-6H2,1H3,(H,8,12). The van der Waals surface area contributed by atoms with Gasteiger partial charge in [-0.2, -0.15) is 0 Å². The van der Waals surface area contributed by atoms with Gasteiger partial charge in [0.2, 0.25) is 0 Å². The van der Waals surface area contributed by atoms with E-state index in [9.17, 15) is 4.79 Å². The highest BCUT2D eigenvalue weighted by atomic mass is 16.3. The lowest BCUT2D eigenvalue weighted by atomic mass is 10.5. The monoisotopic (exact) mass is 176 g/mol. The number of aliphatic hydroxyl groups is 2. The lowest BCUT2D eigenvalue weighted by Crippen LogP contribution is -2.42. The molecule has 0 atom stereocenters. The fourth-order valence-electron chi connectivity index (χ4n) is 0.799. The van der Waals surface area contributed by atoms with E-state index >= 15 is 0 Å². The molecule has 12 heavy (non-hydrogen) atoms. The van der Waals surface area contributed by atoms with Gasteiger partial charge in [0.25, 0.3) is 0 Å². The first-order valence-corrected chi connectivity index (χ1v) is 4.00. The molecular weight excluding hydrogens is 160 g/mol. The third kappa shape index (κ3) is 4.15. The average molecular weight is 176 g/mol. The second-order valence-corrected chi connectivity index (χ2v) is 2.26. The molecule has 0 aliphatic carbocycles. The molecule has 5 nitrogen and oxygen atoms in total. The van der Waals surface area contributed by atoms with E-state index < -0.39 is 0 Å². The molecule has 0 aliphatic heterocycles. The number of likely N-dealkylation sites (N-methyl/N-ethyl adjacent to an activating group) is 1. The van der Waals surface area contributed by atoms with Gasteiger partial charge in [-0.25, -0.2) is 4.79 Å². The minimum Gasteiger partial charge on any atom is -0.395 e. The van der Waals surface area contributed by atoms with Crippen LogP contribution in [0.4, 0.5) is 4.79 Å². The first kappa shape index (κ1) is 11.2. The second-order valence-electron chi connectivity index (χ2n) is 2.26. The van der Waals surface area contributed by atoms with E-state index in [4.69, 9.17) is 10.2 Å². The molecule has 72 valence electrons. The van der Waals surface area contributed by atoms with Crippen molar-refractivity contribution in [3.05, 3.63) is 0 Å². The Morgan fingerprint density at radius 1 is 1.42 bits per heavy atom. The number of aliphatic hydroxyl groups excluding tert-OH is 2. The van der Waals surface area contributed by atoms with Gasteiger partial charge in [0.15, 0.2) is 0 Å². The van der Waals surface area contributed by atoms with Crippen LogP contribution in [0.25, 0.3) is 0 Å². The Labute approximate surface area is 72.0 Å². The summed E-state index contributed by atoms with van der Waals surface area (Å²) in [4.78, 5) is 12.6. The molecule has 0 fully saturated rings. The Bertz CT molecular complexity index is 130. The number of hydrogen-bond donors (Lipinski definition) is 3. The quantitative estimate of drug-likeness (QED) is 0.503.